The average molecular weight is 392 g/mol. The number of carbonyl (C=O) groups excluding carboxylic acids is 1. The summed E-state index contributed by atoms with van der Waals surface area (Å²) in [7, 11) is 1.99. The molecule has 1 N–H and O–H groups in total. The van der Waals surface area contributed by atoms with Crippen molar-refractivity contribution in [3.05, 3.63) is 48.2 Å². The maximum absolute atomic E-state index is 13.5. The number of piperidine rings is 1. The molecule has 0 aliphatic carbocycles. The van der Waals surface area contributed by atoms with Crippen LogP contribution >= 0.6 is 0 Å². The van der Waals surface area contributed by atoms with Gasteiger partial charge in [0.05, 0.1) is 22.8 Å². The van der Waals surface area contributed by atoms with E-state index >= 15 is 0 Å². The number of nitrogens with one attached hydrogen (secondary N) is 1. The van der Waals surface area contributed by atoms with Crippen LogP contribution in [-0.4, -0.2) is 52.3 Å². The summed E-state index contributed by atoms with van der Waals surface area (Å²) >= 11 is 0. The van der Waals surface area contributed by atoms with Crippen LogP contribution in [0.4, 0.5) is 0 Å². The molecule has 3 aromatic rings. The van der Waals surface area contributed by atoms with Gasteiger partial charge in [-0.2, -0.15) is 5.10 Å². The smallest absolute Gasteiger partial charge is 0.254 e. The van der Waals surface area contributed by atoms with Crippen LogP contribution in [0.1, 0.15) is 43.1 Å². The zero-order valence-electron chi connectivity index (χ0n) is 17.4. The maximum atomic E-state index is 13.5. The highest BCUT2D eigenvalue weighted by atomic mass is 16.2. The van der Waals surface area contributed by atoms with Gasteiger partial charge in [-0.05, 0) is 52.3 Å². The lowest BCUT2D eigenvalue weighted by Crippen LogP contribution is -2.40. The second-order valence-corrected chi connectivity index (χ2v) is 8.13. The van der Waals surface area contributed by atoms with Crippen LogP contribution in [0.5, 0.6) is 0 Å². The lowest BCUT2D eigenvalue weighted by molar-refractivity contribution is 0.0693. The van der Waals surface area contributed by atoms with E-state index in [4.69, 9.17) is 4.98 Å². The third-order valence-electron chi connectivity index (χ3n) is 5.75. The Kier molecular flexibility index (Phi) is 5.62. The molecule has 1 amide bonds. The normalized spacial score (nSPS) is 15.4. The number of benzene rings is 1. The van der Waals surface area contributed by atoms with Crippen molar-refractivity contribution in [1.29, 1.82) is 0 Å². The van der Waals surface area contributed by atoms with Gasteiger partial charge in [0.2, 0.25) is 0 Å². The van der Waals surface area contributed by atoms with Crippen LogP contribution < -0.4 is 5.32 Å². The SMILES string of the molecule is CNCC1CCN(C(=O)c2cc(-c3ccccc3)nc3c2cnn3C(C)C)CC1. The molecular formula is C23H29N5O. The molecule has 0 radical (unpaired) electrons. The first-order chi connectivity index (χ1) is 14.1. The number of carbonyl (C=O) groups is 1. The van der Waals surface area contributed by atoms with Crippen molar-refractivity contribution in [3.8, 4) is 11.3 Å². The Morgan fingerprint density at radius 2 is 1.93 bits per heavy atom. The molecule has 1 saturated heterocycles. The summed E-state index contributed by atoms with van der Waals surface area (Å²) in [5, 5.41) is 8.62. The second kappa shape index (κ2) is 8.33. The second-order valence-electron chi connectivity index (χ2n) is 8.13. The van der Waals surface area contributed by atoms with Crippen molar-refractivity contribution in [3.63, 3.8) is 0 Å². The Hall–Kier alpha value is -2.73. The Balaban J connectivity index is 1.74. The number of nitrogens with zero attached hydrogens (tertiary/aromatic N) is 4. The molecule has 0 spiro atoms. The van der Waals surface area contributed by atoms with Crippen molar-refractivity contribution in [2.45, 2.75) is 32.7 Å². The van der Waals surface area contributed by atoms with E-state index in [2.05, 4.69) is 24.3 Å². The zero-order valence-corrected chi connectivity index (χ0v) is 17.4. The fourth-order valence-corrected chi connectivity index (χ4v) is 4.13. The first kappa shape index (κ1) is 19.6. The van der Waals surface area contributed by atoms with Crippen LogP contribution in [0.25, 0.3) is 22.3 Å². The zero-order chi connectivity index (χ0) is 20.4. The third-order valence-corrected chi connectivity index (χ3v) is 5.75. The molecule has 4 rings (SSSR count). The number of fused-ring (bicyclic) bond motifs is 1. The Morgan fingerprint density at radius 1 is 1.21 bits per heavy atom. The largest absolute Gasteiger partial charge is 0.339 e. The minimum atomic E-state index is 0.0841. The Labute approximate surface area is 171 Å². The van der Waals surface area contributed by atoms with Gasteiger partial charge in [-0.15, -0.1) is 0 Å². The summed E-state index contributed by atoms with van der Waals surface area (Å²) in [6, 6.07) is 12.1. The van der Waals surface area contributed by atoms with E-state index in [9.17, 15) is 4.79 Å². The van der Waals surface area contributed by atoms with Gasteiger partial charge in [-0.1, -0.05) is 30.3 Å². The molecule has 1 aliphatic rings. The minimum Gasteiger partial charge on any atom is -0.339 e. The summed E-state index contributed by atoms with van der Waals surface area (Å²) in [6.07, 6.45) is 3.87. The quantitative estimate of drug-likeness (QED) is 0.719. The number of hydrogen-bond acceptors (Lipinski definition) is 4. The molecule has 29 heavy (non-hydrogen) atoms. The van der Waals surface area contributed by atoms with Gasteiger partial charge in [0.25, 0.3) is 5.91 Å². The molecule has 0 atom stereocenters. The molecule has 6 nitrogen and oxygen atoms in total. The van der Waals surface area contributed by atoms with Gasteiger partial charge in [0.1, 0.15) is 0 Å². The van der Waals surface area contributed by atoms with E-state index in [1.54, 1.807) is 6.20 Å². The number of aromatic nitrogens is 3. The van der Waals surface area contributed by atoms with Gasteiger partial charge >= 0.3 is 0 Å². The molecule has 0 saturated carbocycles. The highest BCUT2D eigenvalue weighted by Crippen LogP contribution is 2.28. The first-order valence-corrected chi connectivity index (χ1v) is 10.5. The van der Waals surface area contributed by atoms with Crippen LogP contribution in [0, 0.1) is 5.92 Å². The molecule has 3 heterocycles. The molecule has 0 unspecified atom stereocenters. The molecule has 152 valence electrons. The van der Waals surface area contributed by atoms with Crippen LogP contribution in [0.2, 0.25) is 0 Å². The van der Waals surface area contributed by atoms with E-state index in [-0.39, 0.29) is 11.9 Å². The molecule has 1 aromatic carbocycles. The summed E-state index contributed by atoms with van der Waals surface area (Å²) in [5.41, 5.74) is 3.30. The van der Waals surface area contributed by atoms with Crippen LogP contribution in [0.15, 0.2) is 42.6 Å². The highest BCUT2D eigenvalue weighted by molar-refractivity contribution is 6.06. The van der Waals surface area contributed by atoms with Gasteiger partial charge < -0.3 is 10.2 Å². The van der Waals surface area contributed by atoms with E-state index in [1.165, 1.54) is 0 Å². The van der Waals surface area contributed by atoms with Crippen molar-refractivity contribution < 1.29 is 4.79 Å². The molecule has 6 heteroatoms. The van der Waals surface area contributed by atoms with E-state index in [1.807, 2.05) is 53.0 Å². The minimum absolute atomic E-state index is 0.0841. The van der Waals surface area contributed by atoms with E-state index in [0.29, 0.717) is 11.5 Å². The number of amides is 1. The first-order valence-electron chi connectivity index (χ1n) is 10.5. The Morgan fingerprint density at radius 3 is 2.59 bits per heavy atom. The van der Waals surface area contributed by atoms with Gasteiger partial charge in [-0.25, -0.2) is 9.67 Å². The summed E-state index contributed by atoms with van der Waals surface area (Å²) < 4.78 is 1.90. The van der Waals surface area contributed by atoms with Crippen molar-refractivity contribution >= 4 is 16.9 Å². The summed E-state index contributed by atoms with van der Waals surface area (Å²) in [6.45, 7) is 6.78. The van der Waals surface area contributed by atoms with Crippen LogP contribution in [-0.2, 0) is 0 Å². The van der Waals surface area contributed by atoms with Gasteiger partial charge in [0.15, 0.2) is 5.65 Å². The van der Waals surface area contributed by atoms with E-state index < -0.39 is 0 Å². The molecule has 2 aromatic heterocycles. The van der Waals surface area contributed by atoms with E-state index in [0.717, 1.165) is 54.8 Å². The molecule has 1 aliphatic heterocycles. The predicted molar refractivity (Wildman–Crippen MR) is 116 cm³/mol. The Bertz CT molecular complexity index is 987. The maximum Gasteiger partial charge on any atom is 0.254 e. The average Bonchev–Trinajstić information content (AvgIpc) is 3.18. The third kappa shape index (κ3) is 3.90. The van der Waals surface area contributed by atoms with Gasteiger partial charge in [0, 0.05) is 24.7 Å². The monoisotopic (exact) mass is 391 g/mol. The highest BCUT2D eigenvalue weighted by Gasteiger charge is 2.26. The lowest BCUT2D eigenvalue weighted by Gasteiger charge is -2.32. The number of hydrogen-bond donors (Lipinski definition) is 1. The fraction of sp³-hybridized carbons (Fsp3) is 0.435. The predicted octanol–water partition coefficient (Wildman–Crippen LogP) is 3.75. The molecule has 0 bridgehead atoms. The molecular weight excluding hydrogens is 362 g/mol. The van der Waals surface area contributed by atoms with Crippen molar-refractivity contribution in [1.82, 2.24) is 25.0 Å². The molecule has 1 fully saturated rings. The topological polar surface area (TPSA) is 63.1 Å². The lowest BCUT2D eigenvalue weighted by atomic mass is 9.96. The number of pyridine rings is 1. The van der Waals surface area contributed by atoms with Gasteiger partial charge in [-0.3, -0.25) is 4.79 Å². The van der Waals surface area contributed by atoms with Crippen molar-refractivity contribution in [2.75, 3.05) is 26.7 Å². The number of likely N-dealkylation sites (tertiary alicyclic amines) is 1. The standard InChI is InChI=1S/C23H29N5O/c1-16(2)28-22-20(15-25-28)19(13-21(26-22)18-7-5-4-6-8-18)23(29)27-11-9-17(10-12-27)14-24-3/h4-8,13,15-17,24H,9-12,14H2,1-3H3. The van der Waals surface area contributed by atoms with Crippen LogP contribution in [0.3, 0.4) is 0 Å². The van der Waals surface area contributed by atoms with Crippen molar-refractivity contribution in [2.24, 2.45) is 5.92 Å². The fourth-order valence-electron chi connectivity index (χ4n) is 4.13. The summed E-state index contributed by atoms with van der Waals surface area (Å²) in [5.74, 6) is 0.728. The summed E-state index contributed by atoms with van der Waals surface area (Å²) in [4.78, 5) is 20.3. The number of rotatable bonds is 5.